The van der Waals surface area contributed by atoms with Crippen LogP contribution >= 0.6 is 0 Å². The van der Waals surface area contributed by atoms with E-state index in [1.165, 1.54) is 19.3 Å². The van der Waals surface area contributed by atoms with Gasteiger partial charge in [0, 0.05) is 19.7 Å². The highest BCUT2D eigenvalue weighted by Crippen LogP contribution is 2.51. The second-order valence-electron chi connectivity index (χ2n) is 5.93. The predicted molar refractivity (Wildman–Crippen MR) is 57.3 cm³/mol. The first-order chi connectivity index (χ1) is 6.01. The standard InChI is InChI=1S/C10H21NOSi/c1-13(2,3)7-11-4-8-9(5-11)10(8)6-12/h8-10,12H,4-7H2,1-3H3/t8-,9+,10?. The molecule has 3 heteroatoms. The summed E-state index contributed by atoms with van der Waals surface area (Å²) in [7, 11) is -0.900. The zero-order valence-electron chi connectivity index (χ0n) is 8.95. The molecule has 0 amide bonds. The summed E-state index contributed by atoms with van der Waals surface area (Å²) in [5, 5.41) is 9.02. The molecular weight excluding hydrogens is 178 g/mol. The lowest BCUT2D eigenvalue weighted by molar-refractivity contribution is 0.231. The van der Waals surface area contributed by atoms with Crippen molar-refractivity contribution in [1.82, 2.24) is 4.90 Å². The molecule has 1 aliphatic heterocycles. The van der Waals surface area contributed by atoms with E-state index < -0.39 is 8.07 Å². The van der Waals surface area contributed by atoms with Gasteiger partial charge in [-0.05, 0) is 23.9 Å². The molecule has 2 rings (SSSR count). The summed E-state index contributed by atoms with van der Waals surface area (Å²) in [6.45, 7) is 10.2. The molecular formula is C10H21NOSi. The van der Waals surface area contributed by atoms with Crippen LogP contribution in [-0.4, -0.2) is 43.9 Å². The van der Waals surface area contributed by atoms with Crippen molar-refractivity contribution in [3.8, 4) is 0 Å². The quantitative estimate of drug-likeness (QED) is 0.686. The highest BCUT2D eigenvalue weighted by Gasteiger charge is 2.55. The number of rotatable bonds is 3. The van der Waals surface area contributed by atoms with Crippen molar-refractivity contribution in [2.75, 3.05) is 25.9 Å². The Labute approximate surface area is 81.9 Å². The number of aliphatic hydroxyl groups excluding tert-OH is 1. The lowest BCUT2D eigenvalue weighted by atomic mass is 10.3. The summed E-state index contributed by atoms with van der Waals surface area (Å²) < 4.78 is 0. The first-order valence-corrected chi connectivity index (χ1v) is 9.05. The molecule has 2 aliphatic rings. The van der Waals surface area contributed by atoms with Crippen molar-refractivity contribution >= 4 is 8.07 Å². The Morgan fingerprint density at radius 3 is 2.15 bits per heavy atom. The van der Waals surface area contributed by atoms with Gasteiger partial charge in [0.15, 0.2) is 0 Å². The smallest absolute Gasteiger partial charge is 0.0599 e. The van der Waals surface area contributed by atoms with Crippen LogP contribution in [0, 0.1) is 17.8 Å². The van der Waals surface area contributed by atoms with Crippen molar-refractivity contribution in [2.45, 2.75) is 19.6 Å². The van der Waals surface area contributed by atoms with Crippen molar-refractivity contribution in [2.24, 2.45) is 17.8 Å². The molecule has 0 aromatic heterocycles. The molecule has 1 unspecified atom stereocenters. The zero-order valence-corrected chi connectivity index (χ0v) is 9.95. The van der Waals surface area contributed by atoms with Gasteiger partial charge in [-0.15, -0.1) is 0 Å². The van der Waals surface area contributed by atoms with Gasteiger partial charge in [0.25, 0.3) is 0 Å². The maximum Gasteiger partial charge on any atom is 0.0599 e. The van der Waals surface area contributed by atoms with Gasteiger partial charge in [0.05, 0.1) is 8.07 Å². The molecule has 0 spiro atoms. The highest BCUT2D eigenvalue weighted by atomic mass is 28.3. The Kier molecular flexibility index (Phi) is 2.29. The summed E-state index contributed by atoms with van der Waals surface area (Å²) >= 11 is 0. The van der Waals surface area contributed by atoms with Gasteiger partial charge in [0.1, 0.15) is 0 Å². The normalized spacial score (nSPS) is 39.2. The SMILES string of the molecule is C[Si](C)(C)CN1C[C@@H]2C(CO)[C@@H]2C1. The monoisotopic (exact) mass is 199 g/mol. The summed E-state index contributed by atoms with van der Waals surface area (Å²) in [5.41, 5.74) is 0. The van der Waals surface area contributed by atoms with Crippen LogP contribution in [0.3, 0.4) is 0 Å². The minimum absolute atomic E-state index is 0.427. The minimum atomic E-state index is -0.900. The molecule has 1 saturated heterocycles. The van der Waals surface area contributed by atoms with Crippen molar-refractivity contribution in [3.05, 3.63) is 0 Å². The maximum absolute atomic E-state index is 9.02. The Balaban J connectivity index is 1.78. The highest BCUT2D eigenvalue weighted by molar-refractivity contribution is 6.76. The zero-order chi connectivity index (χ0) is 9.64. The van der Waals surface area contributed by atoms with Gasteiger partial charge in [-0.3, -0.25) is 0 Å². The Hall–Kier alpha value is 0.137. The molecule has 1 aliphatic carbocycles. The molecule has 0 radical (unpaired) electrons. The molecule has 0 aromatic rings. The molecule has 76 valence electrons. The number of piperidine rings is 1. The summed E-state index contributed by atoms with van der Waals surface area (Å²) in [4.78, 5) is 2.62. The first-order valence-electron chi connectivity index (χ1n) is 5.34. The average Bonchev–Trinajstić information content (AvgIpc) is 2.44. The average molecular weight is 199 g/mol. The maximum atomic E-state index is 9.02. The van der Waals surface area contributed by atoms with Crippen LogP contribution in [0.15, 0.2) is 0 Å². The fourth-order valence-electron chi connectivity index (χ4n) is 2.81. The van der Waals surface area contributed by atoms with E-state index in [4.69, 9.17) is 5.11 Å². The Bertz CT molecular complexity index is 190. The van der Waals surface area contributed by atoms with E-state index in [2.05, 4.69) is 24.5 Å². The molecule has 2 nitrogen and oxygen atoms in total. The second-order valence-corrected chi connectivity index (χ2v) is 11.4. The van der Waals surface area contributed by atoms with Gasteiger partial charge in [-0.1, -0.05) is 19.6 Å². The largest absolute Gasteiger partial charge is 0.396 e. The Morgan fingerprint density at radius 2 is 1.77 bits per heavy atom. The van der Waals surface area contributed by atoms with Crippen LogP contribution in [0.25, 0.3) is 0 Å². The number of hydrogen-bond acceptors (Lipinski definition) is 2. The number of hydrogen-bond donors (Lipinski definition) is 1. The summed E-state index contributed by atoms with van der Waals surface area (Å²) in [5.74, 6) is 2.36. The number of aliphatic hydroxyl groups is 1. The van der Waals surface area contributed by atoms with Gasteiger partial charge < -0.3 is 10.0 Å². The fourth-order valence-corrected chi connectivity index (χ4v) is 4.41. The van der Waals surface area contributed by atoms with E-state index in [1.807, 2.05) is 0 Å². The van der Waals surface area contributed by atoms with Crippen LogP contribution in [0.1, 0.15) is 0 Å². The third-order valence-electron chi connectivity index (χ3n) is 3.36. The second kappa shape index (κ2) is 3.07. The third kappa shape index (κ3) is 1.97. The lowest BCUT2D eigenvalue weighted by Crippen LogP contribution is -2.40. The summed E-state index contributed by atoms with van der Waals surface area (Å²) in [6.07, 6.45) is 1.35. The van der Waals surface area contributed by atoms with Gasteiger partial charge >= 0.3 is 0 Å². The Morgan fingerprint density at radius 1 is 1.23 bits per heavy atom. The van der Waals surface area contributed by atoms with Crippen LogP contribution in [0.2, 0.25) is 19.6 Å². The van der Waals surface area contributed by atoms with Crippen molar-refractivity contribution in [1.29, 1.82) is 0 Å². The van der Waals surface area contributed by atoms with Crippen molar-refractivity contribution in [3.63, 3.8) is 0 Å². The van der Waals surface area contributed by atoms with E-state index >= 15 is 0 Å². The first kappa shape index (κ1) is 9.68. The molecule has 3 atom stereocenters. The van der Waals surface area contributed by atoms with Gasteiger partial charge in [0.2, 0.25) is 0 Å². The molecule has 1 saturated carbocycles. The molecule has 13 heavy (non-hydrogen) atoms. The lowest BCUT2D eigenvalue weighted by Gasteiger charge is -2.26. The number of likely N-dealkylation sites (tertiary alicyclic amines) is 1. The van der Waals surface area contributed by atoms with Crippen LogP contribution in [0.4, 0.5) is 0 Å². The topological polar surface area (TPSA) is 23.5 Å². The van der Waals surface area contributed by atoms with E-state index in [0.717, 1.165) is 11.8 Å². The predicted octanol–water partition coefficient (Wildman–Crippen LogP) is 1.03. The fraction of sp³-hybridized carbons (Fsp3) is 1.00. The third-order valence-corrected chi connectivity index (χ3v) is 4.75. The van der Waals surface area contributed by atoms with Crippen molar-refractivity contribution < 1.29 is 5.11 Å². The van der Waals surface area contributed by atoms with E-state index in [0.29, 0.717) is 12.5 Å². The van der Waals surface area contributed by atoms with Crippen LogP contribution in [-0.2, 0) is 0 Å². The van der Waals surface area contributed by atoms with Crippen LogP contribution in [0.5, 0.6) is 0 Å². The van der Waals surface area contributed by atoms with E-state index in [9.17, 15) is 0 Å². The molecule has 1 N–H and O–H groups in total. The van der Waals surface area contributed by atoms with Gasteiger partial charge in [-0.25, -0.2) is 0 Å². The number of fused-ring (bicyclic) bond motifs is 1. The number of nitrogens with zero attached hydrogens (tertiary/aromatic N) is 1. The minimum Gasteiger partial charge on any atom is -0.396 e. The molecule has 0 aromatic carbocycles. The molecule has 0 bridgehead atoms. The van der Waals surface area contributed by atoms with Crippen LogP contribution < -0.4 is 0 Å². The van der Waals surface area contributed by atoms with E-state index in [-0.39, 0.29) is 0 Å². The molecule has 1 heterocycles. The molecule has 2 fully saturated rings. The summed E-state index contributed by atoms with van der Waals surface area (Å²) in [6, 6.07) is 0. The van der Waals surface area contributed by atoms with E-state index in [1.54, 1.807) is 0 Å². The van der Waals surface area contributed by atoms with Gasteiger partial charge in [-0.2, -0.15) is 0 Å².